The number of aldehydes is 1. The lowest BCUT2D eigenvalue weighted by Crippen LogP contribution is -2.66. The molecule has 25 heavy (non-hydrogen) atoms. The molecular formula is C15H17NO8S. The zero-order chi connectivity index (χ0) is 18.9. The van der Waals surface area contributed by atoms with Crippen LogP contribution in [0, 0.1) is 0 Å². The zero-order valence-corrected chi connectivity index (χ0v) is 14.9. The Morgan fingerprint density at radius 3 is 2.40 bits per heavy atom. The molecule has 2 heterocycles. The third kappa shape index (κ3) is 3.74. The molecule has 2 aliphatic heterocycles. The summed E-state index contributed by atoms with van der Waals surface area (Å²) in [5.41, 5.74) is -1.37. The number of hydrogen-bond acceptors (Lipinski definition) is 9. The number of rotatable bonds is 4. The minimum absolute atomic E-state index is 0.00610. The second-order valence-corrected chi connectivity index (χ2v) is 7.33. The first-order valence-corrected chi connectivity index (χ1v) is 8.31. The van der Waals surface area contributed by atoms with Crippen molar-refractivity contribution in [3.05, 3.63) is 11.3 Å². The highest BCUT2D eigenvalue weighted by atomic mass is 32.2. The van der Waals surface area contributed by atoms with Gasteiger partial charge in [0.05, 0.1) is 5.57 Å². The molecule has 10 heteroatoms. The molecule has 2 atom stereocenters. The molecular weight excluding hydrogens is 354 g/mol. The average Bonchev–Trinajstić information content (AvgIpc) is 2.51. The molecule has 1 fully saturated rings. The van der Waals surface area contributed by atoms with E-state index in [1.165, 1.54) is 18.9 Å². The summed E-state index contributed by atoms with van der Waals surface area (Å²) in [5, 5.41) is -0.488. The summed E-state index contributed by atoms with van der Waals surface area (Å²) in [6.07, 6.45) is -0.906. The summed E-state index contributed by atoms with van der Waals surface area (Å²) in [4.78, 5) is 59.4. The minimum Gasteiger partial charge on any atom is -0.455 e. The fourth-order valence-electron chi connectivity index (χ4n) is 2.32. The van der Waals surface area contributed by atoms with Crippen LogP contribution < -0.4 is 0 Å². The number of nitrogens with zero attached hydrogens (tertiary/aromatic N) is 1. The number of carbonyl (C=O) groups is 5. The van der Waals surface area contributed by atoms with Crippen molar-refractivity contribution in [2.75, 3.05) is 12.9 Å². The molecule has 136 valence electrons. The van der Waals surface area contributed by atoms with Crippen LogP contribution in [0.4, 0.5) is 0 Å². The van der Waals surface area contributed by atoms with Gasteiger partial charge in [-0.3, -0.25) is 14.5 Å². The Labute approximate surface area is 147 Å². The van der Waals surface area contributed by atoms with Crippen molar-refractivity contribution >= 4 is 41.9 Å². The van der Waals surface area contributed by atoms with Gasteiger partial charge >= 0.3 is 17.9 Å². The topological polar surface area (TPSA) is 116 Å². The molecule has 0 aromatic heterocycles. The predicted octanol–water partition coefficient (Wildman–Crippen LogP) is -0.219. The Morgan fingerprint density at radius 2 is 1.88 bits per heavy atom. The maximum absolute atomic E-state index is 12.5. The average molecular weight is 371 g/mol. The van der Waals surface area contributed by atoms with Crippen molar-refractivity contribution in [2.45, 2.75) is 37.9 Å². The summed E-state index contributed by atoms with van der Waals surface area (Å²) < 4.78 is 14.7. The lowest BCUT2D eigenvalue weighted by atomic mass is 10.0. The molecule has 0 bridgehead atoms. The van der Waals surface area contributed by atoms with Crippen molar-refractivity contribution < 1.29 is 38.2 Å². The fraction of sp³-hybridized carbons (Fsp3) is 0.533. The van der Waals surface area contributed by atoms with Crippen LogP contribution >= 0.6 is 11.8 Å². The predicted molar refractivity (Wildman–Crippen MR) is 83.9 cm³/mol. The highest BCUT2D eigenvalue weighted by molar-refractivity contribution is 8.00. The number of fused-ring (bicyclic) bond motifs is 1. The third-order valence-corrected chi connectivity index (χ3v) is 4.56. The molecule has 2 aliphatic rings. The van der Waals surface area contributed by atoms with Crippen LogP contribution in [-0.4, -0.2) is 64.9 Å². The normalized spacial score (nSPS) is 22.7. The van der Waals surface area contributed by atoms with E-state index in [0.717, 1.165) is 4.90 Å². The van der Waals surface area contributed by atoms with Crippen molar-refractivity contribution in [2.24, 2.45) is 0 Å². The van der Waals surface area contributed by atoms with Gasteiger partial charge in [-0.25, -0.2) is 14.4 Å². The van der Waals surface area contributed by atoms with Gasteiger partial charge in [0.25, 0.3) is 5.91 Å². The maximum Gasteiger partial charge on any atom is 0.379 e. The molecule has 0 aromatic rings. The van der Waals surface area contributed by atoms with Crippen molar-refractivity contribution in [1.29, 1.82) is 0 Å². The summed E-state index contributed by atoms with van der Waals surface area (Å²) in [6, 6.07) is 0. The van der Waals surface area contributed by atoms with Crippen LogP contribution in [0.15, 0.2) is 11.3 Å². The molecule has 1 amide bonds. The van der Waals surface area contributed by atoms with Gasteiger partial charge in [-0.05, 0) is 20.8 Å². The Kier molecular flexibility index (Phi) is 5.33. The standard InChI is InChI=1S/C15H17NO8S/c1-15(2,3)24-14(21)9-7(13(20)23-8(18)5-17)6-25-12-10(22-4)11(19)16(9)12/h5,10,12H,6H2,1-4H3/t10-,12-/m1/s1. The highest BCUT2D eigenvalue weighted by Gasteiger charge is 2.55. The van der Waals surface area contributed by atoms with Gasteiger partial charge in [0.2, 0.25) is 6.29 Å². The molecule has 0 radical (unpaired) electrons. The Bertz CT molecular complexity index is 678. The van der Waals surface area contributed by atoms with E-state index in [-0.39, 0.29) is 23.3 Å². The van der Waals surface area contributed by atoms with Crippen molar-refractivity contribution in [3.63, 3.8) is 0 Å². The van der Waals surface area contributed by atoms with E-state index in [1.54, 1.807) is 20.8 Å². The molecule has 9 nitrogen and oxygen atoms in total. The molecule has 0 spiro atoms. The van der Waals surface area contributed by atoms with Crippen LogP contribution in [-0.2, 0) is 38.2 Å². The van der Waals surface area contributed by atoms with Crippen LogP contribution in [0.3, 0.4) is 0 Å². The van der Waals surface area contributed by atoms with Gasteiger partial charge < -0.3 is 14.2 Å². The van der Waals surface area contributed by atoms with Gasteiger partial charge in [-0.2, -0.15) is 0 Å². The van der Waals surface area contributed by atoms with E-state index in [4.69, 9.17) is 9.47 Å². The van der Waals surface area contributed by atoms with E-state index < -0.39 is 40.9 Å². The van der Waals surface area contributed by atoms with E-state index in [1.807, 2.05) is 0 Å². The van der Waals surface area contributed by atoms with Gasteiger partial charge in [0.15, 0.2) is 6.10 Å². The van der Waals surface area contributed by atoms with E-state index in [0.29, 0.717) is 0 Å². The SMILES string of the molecule is CO[C@@H]1C(=O)N2C(C(=O)OC(C)(C)C)=C(C(=O)OC(=O)C=O)CS[C@H]12. The third-order valence-electron chi connectivity index (χ3n) is 3.30. The van der Waals surface area contributed by atoms with Crippen molar-refractivity contribution in [1.82, 2.24) is 4.90 Å². The van der Waals surface area contributed by atoms with Gasteiger partial charge in [-0.15, -0.1) is 11.8 Å². The zero-order valence-electron chi connectivity index (χ0n) is 14.1. The summed E-state index contributed by atoms with van der Waals surface area (Å²) in [6.45, 7) is 4.89. The molecule has 0 unspecified atom stereocenters. The van der Waals surface area contributed by atoms with Gasteiger partial charge in [-0.1, -0.05) is 0 Å². The Hall–Kier alpha value is -2.20. The van der Waals surface area contributed by atoms with E-state index in [9.17, 15) is 24.0 Å². The lowest BCUT2D eigenvalue weighted by molar-refractivity contribution is -0.167. The molecule has 0 aliphatic carbocycles. The molecule has 0 saturated carbocycles. The van der Waals surface area contributed by atoms with Gasteiger partial charge in [0, 0.05) is 12.9 Å². The number of thioether (sulfide) groups is 1. The number of esters is 3. The molecule has 0 N–H and O–H groups in total. The highest BCUT2D eigenvalue weighted by Crippen LogP contribution is 2.42. The van der Waals surface area contributed by atoms with Crippen LogP contribution in [0.25, 0.3) is 0 Å². The summed E-state index contributed by atoms with van der Waals surface area (Å²) in [7, 11) is 1.36. The fourth-order valence-corrected chi connectivity index (χ4v) is 3.67. The quantitative estimate of drug-likeness (QED) is 0.217. The first-order valence-electron chi connectivity index (χ1n) is 7.26. The number of carbonyl (C=O) groups excluding carboxylic acids is 5. The molecule has 0 aromatic carbocycles. The number of ether oxygens (including phenoxy) is 3. The van der Waals surface area contributed by atoms with Crippen molar-refractivity contribution in [3.8, 4) is 0 Å². The van der Waals surface area contributed by atoms with Crippen LogP contribution in [0.1, 0.15) is 20.8 Å². The first kappa shape index (κ1) is 19.1. The number of amides is 1. The summed E-state index contributed by atoms with van der Waals surface area (Å²) in [5.74, 6) is -3.97. The summed E-state index contributed by atoms with van der Waals surface area (Å²) >= 11 is 1.17. The second-order valence-electron chi connectivity index (χ2n) is 6.22. The van der Waals surface area contributed by atoms with Crippen LogP contribution in [0.2, 0.25) is 0 Å². The van der Waals surface area contributed by atoms with Crippen LogP contribution in [0.5, 0.6) is 0 Å². The number of hydrogen-bond donors (Lipinski definition) is 0. The Balaban J connectivity index is 2.41. The minimum atomic E-state index is -1.39. The monoisotopic (exact) mass is 371 g/mol. The Morgan fingerprint density at radius 1 is 1.24 bits per heavy atom. The smallest absolute Gasteiger partial charge is 0.379 e. The largest absolute Gasteiger partial charge is 0.455 e. The van der Waals surface area contributed by atoms with Gasteiger partial charge in [0.1, 0.15) is 16.7 Å². The molecule has 1 saturated heterocycles. The van der Waals surface area contributed by atoms with E-state index in [2.05, 4.69) is 4.74 Å². The lowest BCUT2D eigenvalue weighted by Gasteiger charge is -2.48. The molecule has 2 rings (SSSR count). The first-order chi connectivity index (χ1) is 11.6. The second kappa shape index (κ2) is 6.96. The van der Waals surface area contributed by atoms with E-state index >= 15 is 0 Å². The number of methoxy groups -OCH3 is 1. The maximum atomic E-state index is 12.5. The number of β-lactam (4-membered cyclic amide) rings is 1.